The smallest absolute Gasteiger partial charge is 0.0686 e. The number of aryl methyl sites for hydroxylation is 1. The van der Waals surface area contributed by atoms with E-state index >= 15 is 0 Å². The first-order valence-corrected chi connectivity index (χ1v) is 6.58. The Morgan fingerprint density at radius 3 is 2.44 bits per heavy atom. The van der Waals surface area contributed by atoms with Crippen LogP contribution < -0.4 is 0 Å². The first-order chi connectivity index (χ1) is 7.60. The van der Waals surface area contributed by atoms with Gasteiger partial charge in [0.15, 0.2) is 0 Å². The van der Waals surface area contributed by atoms with Crippen LogP contribution in [-0.2, 0) is 3.42 Å². The molecule has 0 heterocycles. The van der Waals surface area contributed by atoms with Gasteiger partial charge >= 0.3 is 0 Å². The van der Waals surface area contributed by atoms with E-state index in [1.165, 1.54) is 27.8 Å². The lowest BCUT2D eigenvalue weighted by atomic mass is 9.98. The van der Waals surface area contributed by atoms with Crippen LogP contribution in [-0.4, -0.2) is 0 Å². The minimum atomic E-state index is 0.121. The molecule has 2 aromatic rings. The predicted octanol–water partition coefficient (Wildman–Crippen LogP) is 4.67. The predicted molar refractivity (Wildman–Crippen MR) is 77.1 cm³/mol. The normalized spacial score (nSPS) is 21.7. The zero-order valence-corrected chi connectivity index (χ0v) is 11.6. The van der Waals surface area contributed by atoms with E-state index < -0.39 is 0 Å². The number of benzene rings is 2. The molecule has 0 aliphatic heterocycles. The average Bonchev–Trinajstić information content (AvgIpc) is 2.49. The molecule has 80 valence electrons. The number of rotatable bonds is 0. The van der Waals surface area contributed by atoms with Crippen molar-refractivity contribution in [2.24, 2.45) is 0 Å². The van der Waals surface area contributed by atoms with Crippen molar-refractivity contribution in [2.45, 2.75) is 17.3 Å². The van der Waals surface area contributed by atoms with Gasteiger partial charge in [-0.2, -0.15) is 0 Å². The van der Waals surface area contributed by atoms with Crippen molar-refractivity contribution >= 4 is 22.6 Å². The molecule has 0 bridgehead atoms. The van der Waals surface area contributed by atoms with Gasteiger partial charge in [-0.3, -0.25) is 0 Å². The molecule has 2 aromatic carbocycles. The summed E-state index contributed by atoms with van der Waals surface area (Å²) in [6.07, 6.45) is 0. The Morgan fingerprint density at radius 2 is 1.62 bits per heavy atom. The molecule has 0 fully saturated rings. The van der Waals surface area contributed by atoms with Gasteiger partial charge in [-0.25, -0.2) is 0 Å². The van der Waals surface area contributed by atoms with Gasteiger partial charge in [0.25, 0.3) is 0 Å². The molecule has 0 N–H and O–H groups in total. The zero-order valence-electron chi connectivity index (χ0n) is 9.42. The third-order valence-corrected chi connectivity index (χ3v) is 4.57. The second-order valence-electron chi connectivity index (χ2n) is 4.60. The first kappa shape index (κ1) is 10.3. The van der Waals surface area contributed by atoms with Gasteiger partial charge in [0.2, 0.25) is 0 Å². The topological polar surface area (TPSA) is 0 Å². The van der Waals surface area contributed by atoms with Crippen molar-refractivity contribution in [2.75, 3.05) is 0 Å². The fraction of sp³-hybridized carbons (Fsp3) is 0.200. The van der Waals surface area contributed by atoms with Gasteiger partial charge in [0.1, 0.15) is 0 Å². The Kier molecular flexibility index (Phi) is 2.15. The Labute approximate surface area is 110 Å². The number of fused-ring (bicyclic) bond motifs is 3. The van der Waals surface area contributed by atoms with Crippen LogP contribution in [0.5, 0.6) is 0 Å². The lowest BCUT2D eigenvalue weighted by Gasteiger charge is -2.19. The monoisotopic (exact) mass is 320 g/mol. The van der Waals surface area contributed by atoms with Gasteiger partial charge < -0.3 is 0 Å². The van der Waals surface area contributed by atoms with Crippen LogP contribution in [0.4, 0.5) is 0 Å². The molecule has 0 saturated heterocycles. The molecule has 1 heteroatoms. The minimum Gasteiger partial charge on any atom is -0.0686 e. The number of alkyl halides is 1. The molecule has 16 heavy (non-hydrogen) atoms. The summed E-state index contributed by atoms with van der Waals surface area (Å²) in [5, 5.41) is 0. The van der Waals surface area contributed by atoms with Crippen molar-refractivity contribution in [1.82, 2.24) is 0 Å². The van der Waals surface area contributed by atoms with Crippen molar-refractivity contribution in [3.05, 3.63) is 59.2 Å². The molecule has 1 unspecified atom stereocenters. The van der Waals surface area contributed by atoms with Crippen LogP contribution >= 0.6 is 22.6 Å². The van der Waals surface area contributed by atoms with E-state index in [4.69, 9.17) is 0 Å². The molecule has 0 radical (unpaired) electrons. The lowest BCUT2D eigenvalue weighted by molar-refractivity contribution is 0.913. The quantitative estimate of drug-likeness (QED) is 0.489. The molecule has 0 nitrogen and oxygen atoms in total. The summed E-state index contributed by atoms with van der Waals surface area (Å²) in [6.45, 7) is 4.47. The largest absolute Gasteiger partial charge is 0.0702 e. The molecule has 0 spiro atoms. The molecular weight excluding hydrogens is 307 g/mol. The molecule has 1 aliphatic carbocycles. The average molecular weight is 320 g/mol. The van der Waals surface area contributed by atoms with Crippen LogP contribution in [0, 0.1) is 6.92 Å². The fourth-order valence-corrected chi connectivity index (χ4v) is 3.47. The summed E-state index contributed by atoms with van der Waals surface area (Å²) in [6, 6.07) is 15.5. The molecular formula is C15H13I. The maximum atomic E-state index is 2.57. The SMILES string of the molecule is Cc1ccc2c(c1)C(C)(I)c1ccccc1-2. The van der Waals surface area contributed by atoms with Crippen LogP contribution in [0.25, 0.3) is 11.1 Å². The van der Waals surface area contributed by atoms with Crippen LogP contribution in [0.1, 0.15) is 23.6 Å². The minimum absolute atomic E-state index is 0.121. The molecule has 1 aliphatic rings. The third-order valence-electron chi connectivity index (χ3n) is 3.40. The lowest BCUT2D eigenvalue weighted by Crippen LogP contribution is -2.10. The van der Waals surface area contributed by atoms with Crippen molar-refractivity contribution in [3.63, 3.8) is 0 Å². The summed E-state index contributed by atoms with van der Waals surface area (Å²) in [5.41, 5.74) is 7.03. The van der Waals surface area contributed by atoms with Crippen LogP contribution in [0.2, 0.25) is 0 Å². The standard InChI is InChI=1S/C15H13I/c1-10-7-8-12-11-5-3-4-6-13(11)15(2,16)14(12)9-10/h3-9H,1-2H3. The highest BCUT2D eigenvalue weighted by atomic mass is 127. The van der Waals surface area contributed by atoms with Gasteiger partial charge in [0.05, 0.1) is 3.42 Å². The van der Waals surface area contributed by atoms with Crippen LogP contribution in [0.3, 0.4) is 0 Å². The van der Waals surface area contributed by atoms with Gasteiger partial charge in [-0.15, -0.1) is 0 Å². The molecule has 3 rings (SSSR count). The third kappa shape index (κ3) is 1.27. The second-order valence-corrected chi connectivity index (χ2v) is 6.76. The van der Waals surface area contributed by atoms with Gasteiger partial charge in [-0.1, -0.05) is 70.6 Å². The number of halogens is 1. The summed E-state index contributed by atoms with van der Waals surface area (Å²) >= 11 is 2.57. The van der Waals surface area contributed by atoms with Gasteiger partial charge in [-0.05, 0) is 36.1 Å². The van der Waals surface area contributed by atoms with Crippen LogP contribution in [0.15, 0.2) is 42.5 Å². The Balaban J connectivity index is 2.39. The number of hydrogen-bond donors (Lipinski definition) is 0. The van der Waals surface area contributed by atoms with Crippen molar-refractivity contribution in [1.29, 1.82) is 0 Å². The van der Waals surface area contributed by atoms with E-state index in [2.05, 4.69) is 78.9 Å². The van der Waals surface area contributed by atoms with E-state index in [0.29, 0.717) is 0 Å². The fourth-order valence-electron chi connectivity index (χ4n) is 2.55. The van der Waals surface area contributed by atoms with E-state index in [9.17, 15) is 0 Å². The summed E-state index contributed by atoms with van der Waals surface area (Å²) in [5.74, 6) is 0. The molecule has 0 amide bonds. The maximum Gasteiger partial charge on any atom is 0.0702 e. The highest BCUT2D eigenvalue weighted by molar-refractivity contribution is 14.1. The van der Waals surface area contributed by atoms with Crippen molar-refractivity contribution in [3.8, 4) is 11.1 Å². The summed E-state index contributed by atoms with van der Waals surface area (Å²) < 4.78 is 0.121. The first-order valence-electron chi connectivity index (χ1n) is 5.50. The maximum absolute atomic E-state index is 2.57. The molecule has 1 atom stereocenters. The Bertz CT molecular complexity index is 567. The van der Waals surface area contributed by atoms with E-state index in [1.54, 1.807) is 0 Å². The highest BCUT2D eigenvalue weighted by Crippen LogP contribution is 2.52. The summed E-state index contributed by atoms with van der Waals surface area (Å²) in [7, 11) is 0. The van der Waals surface area contributed by atoms with Gasteiger partial charge in [0, 0.05) is 0 Å². The zero-order chi connectivity index (χ0) is 11.3. The second kappa shape index (κ2) is 3.33. The Morgan fingerprint density at radius 1 is 0.938 bits per heavy atom. The molecule has 0 saturated carbocycles. The van der Waals surface area contributed by atoms with Crippen molar-refractivity contribution < 1.29 is 0 Å². The highest BCUT2D eigenvalue weighted by Gasteiger charge is 2.36. The van der Waals surface area contributed by atoms with E-state index in [0.717, 1.165) is 0 Å². The number of hydrogen-bond acceptors (Lipinski definition) is 0. The van der Waals surface area contributed by atoms with E-state index in [-0.39, 0.29) is 3.42 Å². The van der Waals surface area contributed by atoms with E-state index in [1.807, 2.05) is 0 Å². The Hall–Kier alpha value is -0.830. The summed E-state index contributed by atoms with van der Waals surface area (Å²) in [4.78, 5) is 0. The molecule has 0 aromatic heterocycles.